The van der Waals surface area contributed by atoms with Gasteiger partial charge in [-0.15, -0.1) is 0 Å². The molecule has 29 heavy (non-hydrogen) atoms. The molecule has 2 saturated heterocycles. The molecule has 0 aromatic heterocycles. The van der Waals surface area contributed by atoms with Crippen molar-refractivity contribution in [3.05, 3.63) is 24.8 Å². The molecule has 7 heteroatoms. The van der Waals surface area contributed by atoms with E-state index in [0.29, 0.717) is 31.7 Å². The van der Waals surface area contributed by atoms with Crippen LogP contribution in [0.25, 0.3) is 0 Å². The van der Waals surface area contributed by atoms with E-state index in [1.54, 1.807) is 11.0 Å². The average Bonchev–Trinajstić information content (AvgIpc) is 2.71. The van der Waals surface area contributed by atoms with Gasteiger partial charge in [-0.25, -0.2) is 0 Å². The second-order valence-corrected chi connectivity index (χ2v) is 8.51. The summed E-state index contributed by atoms with van der Waals surface area (Å²) in [7, 11) is 0. The van der Waals surface area contributed by atoms with E-state index < -0.39 is 0 Å². The molecule has 3 atom stereocenters. The molecule has 2 aliphatic heterocycles. The van der Waals surface area contributed by atoms with Crippen molar-refractivity contribution in [2.24, 2.45) is 0 Å². The van der Waals surface area contributed by atoms with Gasteiger partial charge in [0, 0.05) is 57.4 Å². The van der Waals surface area contributed by atoms with Crippen molar-refractivity contribution in [3.8, 4) is 0 Å². The zero-order chi connectivity index (χ0) is 21.6. The largest absolute Gasteiger partial charge is 0.395 e. The van der Waals surface area contributed by atoms with Gasteiger partial charge >= 0.3 is 0 Å². The summed E-state index contributed by atoms with van der Waals surface area (Å²) in [6, 6.07) is 0.978. The van der Waals surface area contributed by atoms with Crippen LogP contribution in [0, 0.1) is 0 Å². The first-order chi connectivity index (χ1) is 13.8. The van der Waals surface area contributed by atoms with Crippen LogP contribution in [-0.4, -0.2) is 107 Å². The summed E-state index contributed by atoms with van der Waals surface area (Å²) in [5.41, 5.74) is 0. The number of rotatable bonds is 7. The Balaban J connectivity index is 1.84. The molecule has 0 bridgehead atoms. The van der Waals surface area contributed by atoms with Gasteiger partial charge in [-0.3, -0.25) is 19.4 Å². The number of carbonyl (C=O) groups is 2. The van der Waals surface area contributed by atoms with Crippen LogP contribution in [0.1, 0.15) is 34.1 Å². The molecule has 2 amide bonds. The Morgan fingerprint density at radius 1 is 1.03 bits per heavy atom. The van der Waals surface area contributed by atoms with Gasteiger partial charge in [0.2, 0.25) is 11.8 Å². The van der Waals surface area contributed by atoms with Gasteiger partial charge in [-0.05, 0) is 46.3 Å². The molecule has 0 aliphatic carbocycles. The Bertz CT molecular complexity index is 607. The lowest BCUT2D eigenvalue weighted by molar-refractivity contribution is -0.130. The van der Waals surface area contributed by atoms with Gasteiger partial charge in [0.1, 0.15) is 0 Å². The fraction of sp³-hybridized carbons (Fsp3) is 0.727. The van der Waals surface area contributed by atoms with Crippen molar-refractivity contribution in [3.63, 3.8) is 0 Å². The number of aliphatic hydroxyl groups is 1. The van der Waals surface area contributed by atoms with Gasteiger partial charge in [0.05, 0.1) is 12.6 Å². The summed E-state index contributed by atoms with van der Waals surface area (Å²) in [6.45, 7) is 16.5. The molecule has 0 aromatic carbocycles. The topological polar surface area (TPSA) is 67.3 Å². The highest BCUT2D eigenvalue weighted by Gasteiger charge is 2.31. The molecule has 0 aromatic rings. The predicted octanol–water partition coefficient (Wildman–Crippen LogP) is 0.953. The van der Waals surface area contributed by atoms with Crippen LogP contribution in [0.4, 0.5) is 0 Å². The van der Waals surface area contributed by atoms with Crippen LogP contribution in [0.5, 0.6) is 0 Å². The lowest BCUT2D eigenvalue weighted by Crippen LogP contribution is -2.58. The number of nitrogens with zero attached hydrogens (tertiary/aromatic N) is 4. The van der Waals surface area contributed by atoms with E-state index in [9.17, 15) is 14.7 Å². The zero-order valence-electron chi connectivity index (χ0n) is 18.5. The molecule has 2 rings (SSSR count). The highest BCUT2D eigenvalue weighted by Crippen LogP contribution is 2.17. The summed E-state index contributed by atoms with van der Waals surface area (Å²) in [5.74, 6) is -0.0133. The molecule has 164 valence electrons. The fourth-order valence-electron chi connectivity index (χ4n) is 4.49. The van der Waals surface area contributed by atoms with Crippen molar-refractivity contribution in [1.82, 2.24) is 19.6 Å². The Hall–Kier alpha value is -1.70. The smallest absolute Gasteiger partial charge is 0.246 e. The third-order valence-electron chi connectivity index (χ3n) is 6.18. The molecule has 7 nitrogen and oxygen atoms in total. The second-order valence-electron chi connectivity index (χ2n) is 8.51. The van der Waals surface area contributed by atoms with E-state index in [4.69, 9.17) is 0 Å². The van der Waals surface area contributed by atoms with Crippen molar-refractivity contribution in [2.75, 3.05) is 45.9 Å². The van der Waals surface area contributed by atoms with Crippen molar-refractivity contribution in [1.29, 1.82) is 0 Å². The van der Waals surface area contributed by atoms with Crippen molar-refractivity contribution in [2.45, 2.75) is 58.3 Å². The van der Waals surface area contributed by atoms with E-state index in [1.165, 1.54) is 6.08 Å². The van der Waals surface area contributed by atoms with Crippen LogP contribution in [0.15, 0.2) is 24.8 Å². The van der Waals surface area contributed by atoms with Crippen LogP contribution >= 0.6 is 0 Å². The first-order valence-electron chi connectivity index (χ1n) is 10.8. The molecule has 2 aliphatic rings. The van der Waals surface area contributed by atoms with E-state index in [1.807, 2.05) is 11.0 Å². The number of carbonyl (C=O) groups excluding carboxylic acids is 2. The van der Waals surface area contributed by atoms with Crippen LogP contribution < -0.4 is 0 Å². The van der Waals surface area contributed by atoms with E-state index >= 15 is 0 Å². The molecule has 2 fully saturated rings. The molecule has 0 saturated carbocycles. The van der Waals surface area contributed by atoms with Gasteiger partial charge in [-0.1, -0.05) is 12.7 Å². The summed E-state index contributed by atoms with van der Waals surface area (Å²) >= 11 is 0. The van der Waals surface area contributed by atoms with Gasteiger partial charge in [0.25, 0.3) is 0 Å². The third-order valence-corrected chi connectivity index (χ3v) is 6.18. The molecular weight excluding hydrogens is 368 g/mol. The first kappa shape index (κ1) is 23.6. The minimum atomic E-state index is -0.0898. The number of hydrogen-bond acceptors (Lipinski definition) is 5. The molecule has 1 N–H and O–H groups in total. The first-order valence-corrected chi connectivity index (χ1v) is 10.8. The summed E-state index contributed by atoms with van der Waals surface area (Å²) < 4.78 is 0. The van der Waals surface area contributed by atoms with E-state index in [0.717, 1.165) is 26.1 Å². The lowest BCUT2D eigenvalue weighted by atomic mass is 10.1. The minimum absolute atomic E-state index is 0.00588. The number of amides is 2. The van der Waals surface area contributed by atoms with Crippen LogP contribution in [0.2, 0.25) is 0 Å². The maximum absolute atomic E-state index is 12.6. The standard InChI is InChI=1S/C22H38N4O3/c1-6-21(28)24-11-13-26(20(15-24)16-27)18(4)8-7-9-22(29)23-10-12-25(17(2)3)19(5)14-23/h6-7,9,17-20,27H,1,8,10-16H2,2-5H3/b9-7-. The number of aliphatic hydroxyl groups excluding tert-OH is 1. The Kier molecular flexibility index (Phi) is 8.86. The van der Waals surface area contributed by atoms with Gasteiger partial charge in [0.15, 0.2) is 0 Å². The molecule has 3 unspecified atom stereocenters. The average molecular weight is 407 g/mol. The molecule has 2 heterocycles. The SMILES string of the molecule is C=CC(=O)N1CCN(C(C)C/C=C\C(=O)N2CCN(C(C)C)C(C)C2)C(CO)C1. The van der Waals surface area contributed by atoms with Crippen LogP contribution in [-0.2, 0) is 9.59 Å². The summed E-state index contributed by atoms with van der Waals surface area (Å²) in [4.78, 5) is 32.7. The molecule has 0 spiro atoms. The Morgan fingerprint density at radius 2 is 1.66 bits per heavy atom. The Labute approximate surface area is 175 Å². The number of piperazine rings is 2. The third kappa shape index (κ3) is 6.14. The molecule has 0 radical (unpaired) electrons. The second kappa shape index (κ2) is 10.9. The van der Waals surface area contributed by atoms with E-state index in [2.05, 4.69) is 44.1 Å². The van der Waals surface area contributed by atoms with Gasteiger partial charge < -0.3 is 14.9 Å². The summed E-state index contributed by atoms with van der Waals surface area (Å²) in [5, 5.41) is 9.76. The Morgan fingerprint density at radius 3 is 2.21 bits per heavy atom. The normalized spacial score (nSPS) is 25.6. The highest BCUT2D eigenvalue weighted by atomic mass is 16.3. The zero-order valence-corrected chi connectivity index (χ0v) is 18.5. The van der Waals surface area contributed by atoms with Crippen molar-refractivity contribution >= 4 is 11.8 Å². The van der Waals surface area contributed by atoms with Gasteiger partial charge in [-0.2, -0.15) is 0 Å². The number of hydrogen-bond donors (Lipinski definition) is 1. The monoisotopic (exact) mass is 406 g/mol. The van der Waals surface area contributed by atoms with Crippen LogP contribution in [0.3, 0.4) is 0 Å². The maximum Gasteiger partial charge on any atom is 0.246 e. The minimum Gasteiger partial charge on any atom is -0.395 e. The molecular formula is C22H38N4O3. The van der Waals surface area contributed by atoms with E-state index in [-0.39, 0.29) is 30.5 Å². The lowest BCUT2D eigenvalue weighted by Gasteiger charge is -2.43. The maximum atomic E-state index is 12.6. The highest BCUT2D eigenvalue weighted by molar-refractivity contribution is 5.87. The fourth-order valence-corrected chi connectivity index (χ4v) is 4.49. The summed E-state index contributed by atoms with van der Waals surface area (Å²) in [6.07, 6.45) is 5.70. The predicted molar refractivity (Wildman–Crippen MR) is 115 cm³/mol. The quantitative estimate of drug-likeness (QED) is 0.638. The van der Waals surface area contributed by atoms with Crippen molar-refractivity contribution < 1.29 is 14.7 Å².